The SMILES string of the molecule is COC(=O)C12CN(Cc3ccccc3)CC(C(=O)OC)(CN(Cc3ccccc3)C1)C2=O. The summed E-state index contributed by atoms with van der Waals surface area (Å²) in [5, 5.41) is 0. The number of piperidine rings is 2. The first-order valence-electron chi connectivity index (χ1n) is 10.7. The van der Waals surface area contributed by atoms with Crippen molar-refractivity contribution in [2.75, 3.05) is 40.4 Å². The standard InChI is InChI=1S/C25H28N2O5/c1-31-22(29)24-15-26(13-19-9-5-3-6-10-19)17-25(21(24)28,23(30)32-2)18-27(16-24)14-20-11-7-4-8-12-20/h3-12H,13-18H2,1-2H3. The van der Waals surface area contributed by atoms with E-state index in [0.29, 0.717) is 13.1 Å². The first-order chi connectivity index (χ1) is 15.4. The van der Waals surface area contributed by atoms with Crippen LogP contribution in [-0.4, -0.2) is 67.9 Å². The third-order valence-electron chi connectivity index (χ3n) is 6.49. The molecule has 0 aromatic heterocycles. The van der Waals surface area contributed by atoms with Crippen LogP contribution in [0.3, 0.4) is 0 Å². The van der Waals surface area contributed by atoms with E-state index in [9.17, 15) is 14.4 Å². The molecule has 2 aromatic carbocycles. The van der Waals surface area contributed by atoms with Crippen LogP contribution in [0, 0.1) is 10.8 Å². The van der Waals surface area contributed by atoms with Crippen LogP contribution in [0.1, 0.15) is 11.1 Å². The lowest BCUT2D eigenvalue weighted by Gasteiger charge is -2.54. The lowest BCUT2D eigenvalue weighted by atomic mass is 9.62. The predicted molar refractivity (Wildman–Crippen MR) is 117 cm³/mol. The molecule has 32 heavy (non-hydrogen) atoms. The Morgan fingerprint density at radius 1 is 0.719 bits per heavy atom. The van der Waals surface area contributed by atoms with Crippen molar-refractivity contribution in [2.45, 2.75) is 13.1 Å². The predicted octanol–water partition coefficient (Wildman–Crippen LogP) is 1.91. The third-order valence-corrected chi connectivity index (χ3v) is 6.49. The van der Waals surface area contributed by atoms with Crippen LogP contribution in [-0.2, 0) is 36.9 Å². The molecule has 0 radical (unpaired) electrons. The second kappa shape index (κ2) is 8.84. The first kappa shape index (κ1) is 22.2. The van der Waals surface area contributed by atoms with E-state index in [1.165, 1.54) is 14.2 Å². The largest absolute Gasteiger partial charge is 0.468 e. The second-order valence-electron chi connectivity index (χ2n) is 8.74. The van der Waals surface area contributed by atoms with Gasteiger partial charge >= 0.3 is 11.9 Å². The molecule has 2 bridgehead atoms. The van der Waals surface area contributed by atoms with Gasteiger partial charge in [-0.15, -0.1) is 0 Å². The maximum absolute atomic E-state index is 13.8. The van der Waals surface area contributed by atoms with Crippen LogP contribution in [0.25, 0.3) is 0 Å². The number of ether oxygens (including phenoxy) is 2. The maximum atomic E-state index is 13.8. The van der Waals surface area contributed by atoms with Crippen molar-refractivity contribution in [2.24, 2.45) is 10.8 Å². The van der Waals surface area contributed by atoms with E-state index in [-0.39, 0.29) is 26.2 Å². The molecule has 2 aliphatic rings. The number of Topliss-reactive ketones (excluding diaryl/α,β-unsaturated/α-hetero) is 1. The van der Waals surface area contributed by atoms with Gasteiger partial charge in [0.2, 0.25) is 0 Å². The van der Waals surface area contributed by atoms with Gasteiger partial charge in [-0.05, 0) is 11.1 Å². The van der Waals surface area contributed by atoms with Crippen LogP contribution >= 0.6 is 0 Å². The zero-order valence-corrected chi connectivity index (χ0v) is 18.5. The monoisotopic (exact) mass is 436 g/mol. The van der Waals surface area contributed by atoms with E-state index in [2.05, 4.69) is 0 Å². The topological polar surface area (TPSA) is 76.2 Å². The second-order valence-corrected chi connectivity index (χ2v) is 8.74. The number of carbonyl (C=O) groups is 3. The average Bonchev–Trinajstić information content (AvgIpc) is 2.80. The number of fused-ring (bicyclic) bond motifs is 2. The van der Waals surface area contributed by atoms with Crippen LogP contribution in [0.2, 0.25) is 0 Å². The Morgan fingerprint density at radius 2 is 1.06 bits per heavy atom. The van der Waals surface area contributed by atoms with Crippen molar-refractivity contribution in [3.05, 3.63) is 71.8 Å². The van der Waals surface area contributed by atoms with Crippen LogP contribution in [0.5, 0.6) is 0 Å². The minimum Gasteiger partial charge on any atom is -0.468 e. The molecule has 0 N–H and O–H groups in total. The van der Waals surface area contributed by atoms with Gasteiger partial charge in [0.1, 0.15) is 0 Å². The molecule has 0 unspecified atom stereocenters. The molecule has 0 saturated carbocycles. The fraction of sp³-hybridized carbons (Fsp3) is 0.400. The van der Waals surface area contributed by atoms with Gasteiger partial charge in [0, 0.05) is 39.3 Å². The highest BCUT2D eigenvalue weighted by Gasteiger charge is 2.67. The Kier molecular flexibility index (Phi) is 6.13. The van der Waals surface area contributed by atoms with Crippen molar-refractivity contribution >= 4 is 17.7 Å². The Bertz CT molecular complexity index is 900. The van der Waals surface area contributed by atoms with Crippen molar-refractivity contribution < 1.29 is 23.9 Å². The molecule has 168 valence electrons. The molecule has 2 heterocycles. The van der Waals surface area contributed by atoms with Gasteiger partial charge in [-0.1, -0.05) is 60.7 Å². The molecule has 0 amide bonds. The molecule has 7 nitrogen and oxygen atoms in total. The number of nitrogens with zero attached hydrogens (tertiary/aromatic N) is 2. The number of hydrogen-bond acceptors (Lipinski definition) is 7. The number of methoxy groups -OCH3 is 2. The Morgan fingerprint density at radius 3 is 1.38 bits per heavy atom. The summed E-state index contributed by atoms with van der Waals surface area (Å²) in [6.07, 6.45) is 0. The first-order valence-corrected chi connectivity index (χ1v) is 10.7. The third kappa shape index (κ3) is 3.82. The number of hydrogen-bond donors (Lipinski definition) is 0. The highest BCUT2D eigenvalue weighted by atomic mass is 16.5. The van der Waals surface area contributed by atoms with Gasteiger partial charge in [-0.25, -0.2) is 0 Å². The number of esters is 2. The Balaban J connectivity index is 1.73. The Hall–Kier alpha value is -3.03. The van der Waals surface area contributed by atoms with Gasteiger partial charge in [0.05, 0.1) is 14.2 Å². The zero-order valence-electron chi connectivity index (χ0n) is 18.5. The molecule has 4 rings (SSSR count). The average molecular weight is 437 g/mol. The summed E-state index contributed by atoms with van der Waals surface area (Å²) in [7, 11) is 2.58. The Labute approximate surface area is 187 Å². The summed E-state index contributed by atoms with van der Waals surface area (Å²) in [5.41, 5.74) is -0.825. The normalized spacial score (nSPS) is 25.9. The zero-order chi connectivity index (χ0) is 22.8. The smallest absolute Gasteiger partial charge is 0.322 e. The van der Waals surface area contributed by atoms with E-state index in [4.69, 9.17) is 9.47 Å². The van der Waals surface area contributed by atoms with Crippen LogP contribution < -0.4 is 0 Å². The number of ketones is 1. The van der Waals surface area contributed by atoms with Gasteiger partial charge < -0.3 is 9.47 Å². The molecule has 2 aromatic rings. The van der Waals surface area contributed by atoms with Gasteiger partial charge in [-0.2, -0.15) is 0 Å². The van der Waals surface area contributed by atoms with E-state index < -0.39 is 28.6 Å². The van der Waals surface area contributed by atoms with Gasteiger partial charge in [0.25, 0.3) is 0 Å². The summed E-state index contributed by atoms with van der Waals surface area (Å²) >= 11 is 0. The summed E-state index contributed by atoms with van der Waals surface area (Å²) in [6.45, 7) is 1.80. The minimum atomic E-state index is -1.46. The van der Waals surface area contributed by atoms with E-state index >= 15 is 0 Å². The van der Waals surface area contributed by atoms with Crippen molar-refractivity contribution in [3.63, 3.8) is 0 Å². The van der Waals surface area contributed by atoms with Crippen LogP contribution in [0.4, 0.5) is 0 Å². The molecule has 2 fully saturated rings. The minimum absolute atomic E-state index is 0.192. The van der Waals surface area contributed by atoms with E-state index in [0.717, 1.165) is 11.1 Å². The summed E-state index contributed by atoms with van der Waals surface area (Å²) < 4.78 is 10.3. The summed E-state index contributed by atoms with van der Waals surface area (Å²) in [6, 6.07) is 19.6. The molecule has 2 aliphatic heterocycles. The highest BCUT2D eigenvalue weighted by molar-refractivity contribution is 6.16. The quantitative estimate of drug-likeness (QED) is 0.506. The maximum Gasteiger partial charge on any atom is 0.322 e. The molecule has 0 atom stereocenters. The molecule has 0 spiro atoms. The molecule has 2 saturated heterocycles. The van der Waals surface area contributed by atoms with Crippen molar-refractivity contribution in [1.82, 2.24) is 9.80 Å². The summed E-state index contributed by atoms with van der Waals surface area (Å²) in [5.74, 6) is -1.60. The number of likely N-dealkylation sites (tertiary alicyclic amines) is 2. The van der Waals surface area contributed by atoms with Gasteiger partial charge in [0.15, 0.2) is 16.6 Å². The highest BCUT2D eigenvalue weighted by Crippen LogP contribution is 2.45. The van der Waals surface area contributed by atoms with Crippen LogP contribution in [0.15, 0.2) is 60.7 Å². The number of rotatable bonds is 6. The van der Waals surface area contributed by atoms with E-state index in [1.54, 1.807) is 0 Å². The number of carbonyl (C=O) groups excluding carboxylic acids is 3. The van der Waals surface area contributed by atoms with Gasteiger partial charge in [-0.3, -0.25) is 24.2 Å². The fourth-order valence-corrected chi connectivity index (χ4v) is 5.23. The number of benzene rings is 2. The lowest BCUT2D eigenvalue weighted by Crippen LogP contribution is -2.74. The molecular formula is C25H28N2O5. The molecule has 7 heteroatoms. The lowest BCUT2D eigenvalue weighted by molar-refractivity contribution is -0.188. The van der Waals surface area contributed by atoms with Crippen molar-refractivity contribution in [1.29, 1.82) is 0 Å². The van der Waals surface area contributed by atoms with E-state index in [1.807, 2.05) is 70.5 Å². The summed E-state index contributed by atoms with van der Waals surface area (Å²) in [4.78, 5) is 44.0. The van der Waals surface area contributed by atoms with Crippen molar-refractivity contribution in [3.8, 4) is 0 Å². The fourth-order valence-electron chi connectivity index (χ4n) is 5.23. The molecular weight excluding hydrogens is 408 g/mol. The molecule has 0 aliphatic carbocycles.